The van der Waals surface area contributed by atoms with Crippen LogP contribution in [0.15, 0.2) is 34.9 Å². The van der Waals surface area contributed by atoms with Gasteiger partial charge in [0.1, 0.15) is 5.54 Å². The van der Waals surface area contributed by atoms with E-state index in [1.165, 1.54) is 25.3 Å². The van der Waals surface area contributed by atoms with E-state index in [1.807, 2.05) is 6.07 Å². The average molecular weight is 482 g/mol. The first-order valence-electron chi connectivity index (χ1n) is 13.2. The Kier molecular flexibility index (Phi) is 8.90. The van der Waals surface area contributed by atoms with Gasteiger partial charge in [0.2, 0.25) is 17.7 Å². The van der Waals surface area contributed by atoms with Crippen LogP contribution in [0.1, 0.15) is 88.4 Å². The minimum atomic E-state index is -0.560. The maximum absolute atomic E-state index is 12.6. The predicted octanol–water partition coefficient (Wildman–Crippen LogP) is 3.86. The summed E-state index contributed by atoms with van der Waals surface area (Å²) in [4.78, 5) is 31.6. The molecule has 0 radical (unpaired) electrons. The highest BCUT2D eigenvalue weighted by Gasteiger charge is 2.38. The van der Waals surface area contributed by atoms with E-state index in [0.29, 0.717) is 37.1 Å². The quantitative estimate of drug-likeness (QED) is 0.528. The van der Waals surface area contributed by atoms with E-state index in [-0.39, 0.29) is 11.8 Å². The third kappa shape index (κ3) is 7.13. The molecule has 1 atom stereocenters. The highest BCUT2D eigenvalue weighted by molar-refractivity contribution is 5.76. The molecule has 2 N–H and O–H groups in total. The summed E-state index contributed by atoms with van der Waals surface area (Å²) < 4.78 is 5.49. The Morgan fingerprint density at radius 3 is 2.60 bits per heavy atom. The summed E-state index contributed by atoms with van der Waals surface area (Å²) >= 11 is 0. The molecule has 0 bridgehead atoms. The first-order chi connectivity index (χ1) is 17.0. The second-order valence-electron chi connectivity index (χ2n) is 10.1. The Balaban J connectivity index is 1.28. The number of nitrogens with one attached hydrogen (secondary N) is 2. The highest BCUT2D eigenvalue weighted by Crippen LogP contribution is 2.34. The van der Waals surface area contributed by atoms with E-state index in [4.69, 9.17) is 4.52 Å². The second kappa shape index (κ2) is 12.3. The molecule has 2 aliphatic rings. The van der Waals surface area contributed by atoms with Gasteiger partial charge in [0.05, 0.1) is 0 Å². The van der Waals surface area contributed by atoms with E-state index in [9.17, 15) is 9.59 Å². The SMILES string of the molecule is CC(=O)NC1(c2noc(CCC(=O)NCC3CCCCN3Cc3ccccc3)n2)CCCCCC1. The van der Waals surface area contributed by atoms with Crippen molar-refractivity contribution in [2.45, 2.75) is 95.7 Å². The van der Waals surface area contributed by atoms with Crippen molar-refractivity contribution in [2.24, 2.45) is 0 Å². The van der Waals surface area contributed by atoms with Gasteiger partial charge in [-0.25, -0.2) is 0 Å². The Hall–Kier alpha value is -2.74. The number of amides is 2. The van der Waals surface area contributed by atoms with Gasteiger partial charge in [-0.05, 0) is 37.8 Å². The lowest BCUT2D eigenvalue weighted by Gasteiger charge is -2.35. The summed E-state index contributed by atoms with van der Waals surface area (Å²) in [5, 5.41) is 10.4. The van der Waals surface area contributed by atoms with Gasteiger partial charge in [-0.3, -0.25) is 14.5 Å². The molecular weight excluding hydrogens is 442 g/mol. The minimum absolute atomic E-state index is 0.000949. The second-order valence-corrected chi connectivity index (χ2v) is 10.1. The van der Waals surface area contributed by atoms with Crippen LogP contribution in [0, 0.1) is 0 Å². The lowest BCUT2D eigenvalue weighted by Crippen LogP contribution is -2.46. The molecule has 2 heterocycles. The van der Waals surface area contributed by atoms with Crippen LogP contribution >= 0.6 is 0 Å². The molecule has 1 aromatic carbocycles. The molecule has 0 spiro atoms. The summed E-state index contributed by atoms with van der Waals surface area (Å²) in [5.41, 5.74) is 0.749. The van der Waals surface area contributed by atoms with Crippen LogP contribution in [0.5, 0.6) is 0 Å². The Morgan fingerprint density at radius 2 is 1.86 bits per heavy atom. The normalized spacial score (nSPS) is 20.7. The fourth-order valence-corrected chi connectivity index (χ4v) is 5.48. The Bertz CT molecular complexity index is 953. The van der Waals surface area contributed by atoms with Crippen LogP contribution in [0.25, 0.3) is 0 Å². The van der Waals surface area contributed by atoms with Gasteiger partial charge in [0.15, 0.2) is 5.82 Å². The zero-order valence-electron chi connectivity index (χ0n) is 20.9. The topological polar surface area (TPSA) is 100 Å². The van der Waals surface area contributed by atoms with Crippen LogP contribution in [-0.4, -0.2) is 46.0 Å². The molecule has 1 unspecified atom stereocenters. The van der Waals surface area contributed by atoms with E-state index in [0.717, 1.165) is 58.0 Å². The van der Waals surface area contributed by atoms with Gasteiger partial charge in [0.25, 0.3) is 0 Å². The number of carbonyl (C=O) groups is 2. The summed E-state index contributed by atoms with van der Waals surface area (Å²) in [6, 6.07) is 10.9. The molecule has 1 saturated carbocycles. The Morgan fingerprint density at radius 1 is 1.09 bits per heavy atom. The van der Waals surface area contributed by atoms with E-state index < -0.39 is 5.54 Å². The monoisotopic (exact) mass is 481 g/mol. The van der Waals surface area contributed by atoms with Crippen molar-refractivity contribution in [1.82, 2.24) is 25.7 Å². The van der Waals surface area contributed by atoms with Crippen LogP contribution in [0.3, 0.4) is 0 Å². The first-order valence-corrected chi connectivity index (χ1v) is 13.2. The number of aromatic nitrogens is 2. The summed E-state index contributed by atoms with van der Waals surface area (Å²) in [5.74, 6) is 0.916. The van der Waals surface area contributed by atoms with Crippen molar-refractivity contribution in [2.75, 3.05) is 13.1 Å². The molecule has 190 valence electrons. The average Bonchev–Trinajstić information content (AvgIpc) is 3.22. The van der Waals surface area contributed by atoms with Crippen LogP contribution < -0.4 is 10.6 Å². The smallest absolute Gasteiger partial charge is 0.227 e. The summed E-state index contributed by atoms with van der Waals surface area (Å²) in [7, 11) is 0. The first kappa shape index (κ1) is 25.4. The van der Waals surface area contributed by atoms with Crippen molar-refractivity contribution in [1.29, 1.82) is 0 Å². The molecule has 4 rings (SSSR count). The van der Waals surface area contributed by atoms with E-state index in [2.05, 4.69) is 49.9 Å². The van der Waals surface area contributed by atoms with Gasteiger partial charge < -0.3 is 15.2 Å². The molecular formula is C27H39N5O3. The molecule has 2 aromatic rings. The summed E-state index contributed by atoms with van der Waals surface area (Å²) in [6.07, 6.45) is 10.2. The molecule has 2 fully saturated rings. The molecule has 35 heavy (non-hydrogen) atoms. The third-order valence-electron chi connectivity index (χ3n) is 7.35. The number of piperidine rings is 1. The zero-order chi connectivity index (χ0) is 24.5. The number of carbonyl (C=O) groups excluding carboxylic acids is 2. The van der Waals surface area contributed by atoms with Crippen molar-refractivity contribution in [3.05, 3.63) is 47.6 Å². The number of hydrogen-bond acceptors (Lipinski definition) is 6. The Labute approximate surface area is 208 Å². The maximum atomic E-state index is 12.6. The van der Waals surface area contributed by atoms with Crippen LogP contribution in [-0.2, 0) is 28.1 Å². The fraction of sp³-hybridized carbons (Fsp3) is 0.630. The standard InChI is InChI=1S/C27H39N5O3/c1-21(33)30-27(16-8-2-3-9-17-27)26-29-25(35-31-26)15-14-24(34)28-19-23-13-7-10-18-32(23)20-22-11-5-4-6-12-22/h4-6,11-12,23H,2-3,7-10,13-20H2,1H3,(H,28,34)(H,30,33). The maximum Gasteiger partial charge on any atom is 0.227 e. The number of benzene rings is 1. The molecule has 1 aliphatic carbocycles. The number of likely N-dealkylation sites (tertiary alicyclic amines) is 1. The van der Waals surface area contributed by atoms with Crippen LogP contribution in [0.2, 0.25) is 0 Å². The number of rotatable bonds is 9. The molecule has 1 aliphatic heterocycles. The van der Waals surface area contributed by atoms with Crippen molar-refractivity contribution >= 4 is 11.8 Å². The van der Waals surface area contributed by atoms with Crippen molar-refractivity contribution in [3.63, 3.8) is 0 Å². The van der Waals surface area contributed by atoms with Gasteiger partial charge in [-0.15, -0.1) is 0 Å². The van der Waals surface area contributed by atoms with Gasteiger partial charge in [0, 0.05) is 38.9 Å². The van der Waals surface area contributed by atoms with Gasteiger partial charge in [-0.1, -0.05) is 67.6 Å². The van der Waals surface area contributed by atoms with E-state index >= 15 is 0 Å². The molecule has 1 aromatic heterocycles. The van der Waals surface area contributed by atoms with Gasteiger partial charge >= 0.3 is 0 Å². The van der Waals surface area contributed by atoms with E-state index in [1.54, 1.807) is 0 Å². The largest absolute Gasteiger partial charge is 0.355 e. The van der Waals surface area contributed by atoms with Crippen molar-refractivity contribution in [3.8, 4) is 0 Å². The summed E-state index contributed by atoms with van der Waals surface area (Å²) in [6.45, 7) is 4.18. The van der Waals surface area contributed by atoms with Crippen molar-refractivity contribution < 1.29 is 14.1 Å². The van der Waals surface area contributed by atoms with Crippen LogP contribution in [0.4, 0.5) is 0 Å². The third-order valence-corrected chi connectivity index (χ3v) is 7.35. The number of aryl methyl sites for hydroxylation is 1. The molecule has 8 nitrogen and oxygen atoms in total. The number of nitrogens with zero attached hydrogens (tertiary/aromatic N) is 3. The fourth-order valence-electron chi connectivity index (χ4n) is 5.48. The van der Waals surface area contributed by atoms with Gasteiger partial charge in [-0.2, -0.15) is 4.98 Å². The lowest BCUT2D eigenvalue weighted by atomic mass is 9.89. The number of hydrogen-bond donors (Lipinski definition) is 2. The zero-order valence-corrected chi connectivity index (χ0v) is 20.9. The molecule has 8 heteroatoms. The molecule has 1 saturated heterocycles. The molecule has 2 amide bonds. The minimum Gasteiger partial charge on any atom is -0.355 e. The predicted molar refractivity (Wildman–Crippen MR) is 133 cm³/mol. The lowest BCUT2D eigenvalue weighted by molar-refractivity contribution is -0.122. The highest BCUT2D eigenvalue weighted by atomic mass is 16.5.